The highest BCUT2D eigenvalue weighted by Crippen LogP contribution is 2.59. The molecule has 97 heavy (non-hydrogen) atoms. The Hall–Kier alpha value is -11.2. The fourth-order valence-corrected chi connectivity index (χ4v) is 15.7. The van der Waals surface area contributed by atoms with Gasteiger partial charge in [0.2, 0.25) is 0 Å². The fraction of sp³-hybridized carbons (Fsp3) is 0.154. The molecule has 0 N–H and O–H groups in total. The Labute approximate surface area is 569 Å². The number of aromatic nitrogens is 3. The third-order valence-corrected chi connectivity index (χ3v) is 20.5. The van der Waals surface area contributed by atoms with Crippen molar-refractivity contribution in [3.05, 3.63) is 330 Å². The van der Waals surface area contributed by atoms with E-state index in [1.54, 1.807) is 0 Å². The highest BCUT2D eigenvalue weighted by molar-refractivity contribution is 6.11. The van der Waals surface area contributed by atoms with Gasteiger partial charge in [0.1, 0.15) is 24.0 Å². The molecule has 0 amide bonds. The number of rotatable bonds is 10. The average molecular weight is 1260 g/mol. The molecule has 1 aliphatic heterocycles. The van der Waals surface area contributed by atoms with E-state index in [1.165, 1.54) is 66.3 Å². The van der Waals surface area contributed by atoms with Crippen LogP contribution in [-0.2, 0) is 21.7 Å². The Balaban J connectivity index is 0.920. The molecule has 3 aromatic heterocycles. The summed E-state index contributed by atoms with van der Waals surface area (Å²) in [5, 5.41) is 4.75. The van der Waals surface area contributed by atoms with Gasteiger partial charge >= 0.3 is 0 Å². The molecule has 2 aliphatic rings. The molecule has 12 aromatic carbocycles. The van der Waals surface area contributed by atoms with Gasteiger partial charge in [-0.1, -0.05) is 256 Å². The highest BCUT2D eigenvalue weighted by Gasteiger charge is 2.48. The van der Waals surface area contributed by atoms with E-state index in [9.17, 15) is 0 Å². The van der Waals surface area contributed by atoms with Crippen LogP contribution in [0.3, 0.4) is 0 Å². The lowest BCUT2D eigenvalue weighted by Gasteiger charge is -2.37. The molecule has 6 nitrogen and oxygen atoms in total. The summed E-state index contributed by atoms with van der Waals surface area (Å²) in [4.78, 5) is 10.2. The van der Waals surface area contributed by atoms with Gasteiger partial charge in [0.15, 0.2) is 0 Å². The zero-order chi connectivity index (χ0) is 66.1. The molecule has 472 valence electrons. The second-order valence-electron chi connectivity index (χ2n) is 29.6. The summed E-state index contributed by atoms with van der Waals surface area (Å²) in [5.74, 6) is 2.33. The van der Waals surface area contributed by atoms with Crippen LogP contribution in [-0.4, -0.2) is 20.8 Å². The number of benzene rings is 12. The van der Waals surface area contributed by atoms with Crippen LogP contribution in [0.5, 0.6) is 11.5 Å². The molecule has 0 radical (unpaired) electrons. The third-order valence-electron chi connectivity index (χ3n) is 20.5. The molecule has 0 unspecified atom stereocenters. The summed E-state index contributed by atoms with van der Waals surface area (Å²) in [6, 6.07) is 106. The maximum atomic E-state index is 7.65. The average Bonchev–Trinajstić information content (AvgIpc) is 1.56. The number of hydrogen-bond donors (Lipinski definition) is 0. The lowest BCUT2D eigenvalue weighted by Crippen LogP contribution is -2.31. The number of anilines is 4. The molecule has 15 aromatic rings. The van der Waals surface area contributed by atoms with Crippen molar-refractivity contribution in [3.8, 4) is 56.4 Å². The molecule has 0 saturated heterocycles. The Kier molecular flexibility index (Phi) is 13.8. The van der Waals surface area contributed by atoms with Crippen molar-refractivity contribution in [1.29, 1.82) is 0 Å². The predicted molar refractivity (Wildman–Crippen MR) is 406 cm³/mol. The topological polar surface area (TPSA) is 38.5 Å². The van der Waals surface area contributed by atoms with Gasteiger partial charge in [-0.25, -0.2) is 4.98 Å². The molecule has 0 fully saturated rings. The van der Waals surface area contributed by atoms with Crippen molar-refractivity contribution in [2.45, 2.75) is 84.0 Å². The second-order valence-corrected chi connectivity index (χ2v) is 29.6. The Morgan fingerprint density at radius 1 is 0.340 bits per heavy atom. The smallest absolute Gasteiger partial charge is 0.137 e. The standard InChI is InChI=1S/C91H77N5O/c1-88(2,3)61-46-47-92-86(53-61)96-82-41-25-20-36-74(82)75-45-44-68(57-85(75)96)97-69-52-65(91(64-49-62(89(4,5)6)48-63(50-64)90(7,8)9)78-37-21-16-32-70(78)71-33-17-22-38-79(71)91)51-66(54-69)93-58-94(84-43-27-26-42-83(84)93)87-76(59-28-12-10-13-29-59)55-67(56-77(87)60-30-14-11-15-31-60)95-80-39-23-18-34-72(80)73-35-19-24-40-81(73)95/h10-57H,58H2,1-9H3. The summed E-state index contributed by atoms with van der Waals surface area (Å²) < 4.78 is 12.4. The second kappa shape index (κ2) is 22.5. The van der Waals surface area contributed by atoms with E-state index in [4.69, 9.17) is 9.72 Å². The van der Waals surface area contributed by atoms with E-state index in [2.05, 4.69) is 366 Å². The monoisotopic (exact) mass is 1260 g/mol. The minimum atomic E-state index is -0.800. The van der Waals surface area contributed by atoms with Crippen molar-refractivity contribution in [2.75, 3.05) is 16.5 Å². The van der Waals surface area contributed by atoms with Crippen LogP contribution in [0.1, 0.15) is 101 Å². The van der Waals surface area contributed by atoms with Gasteiger partial charge in [-0.3, -0.25) is 4.57 Å². The lowest BCUT2D eigenvalue weighted by molar-refractivity contribution is 0.481. The van der Waals surface area contributed by atoms with Crippen LogP contribution in [0.2, 0.25) is 0 Å². The van der Waals surface area contributed by atoms with Gasteiger partial charge in [-0.2, -0.15) is 0 Å². The van der Waals surface area contributed by atoms with E-state index in [0.29, 0.717) is 6.67 Å². The van der Waals surface area contributed by atoms with Gasteiger partial charge in [0.05, 0.1) is 44.5 Å². The fourth-order valence-electron chi connectivity index (χ4n) is 15.7. The summed E-state index contributed by atoms with van der Waals surface area (Å²) in [6.07, 6.45) is 1.95. The number of para-hydroxylation sites is 5. The normalized spacial score (nSPS) is 13.6. The van der Waals surface area contributed by atoms with Gasteiger partial charge in [0, 0.05) is 62.4 Å². The first-order valence-electron chi connectivity index (χ1n) is 34.1. The Bertz CT molecular complexity index is 5420. The van der Waals surface area contributed by atoms with Gasteiger partial charge in [-0.05, 0) is 156 Å². The first-order valence-corrected chi connectivity index (χ1v) is 34.1. The summed E-state index contributed by atoms with van der Waals surface area (Å²) in [6.45, 7) is 21.4. The molecule has 0 saturated carbocycles. The first kappa shape index (κ1) is 59.5. The quantitative estimate of drug-likeness (QED) is 0.137. The lowest BCUT2D eigenvalue weighted by atomic mass is 9.65. The minimum absolute atomic E-state index is 0.0756. The SMILES string of the molecule is CC(C)(C)c1cc(C(C)(C)C)cc(C2(c3cc(Oc4ccc5c6ccccc6n(-c6cc(C(C)(C)C)ccn6)c5c4)cc(N4CN(c5c(-c6ccccc6)cc(-n6c7ccccc7c7ccccc76)cc5-c5ccccc5)c5ccccc54)c3)c3ccccc3-c3ccccc32)c1. The van der Waals surface area contributed by atoms with Crippen LogP contribution in [0.25, 0.3) is 88.5 Å². The maximum Gasteiger partial charge on any atom is 0.137 e. The van der Waals surface area contributed by atoms with Crippen LogP contribution in [0, 0.1) is 0 Å². The zero-order valence-corrected chi connectivity index (χ0v) is 56.6. The number of hydrogen-bond acceptors (Lipinski definition) is 4. The van der Waals surface area contributed by atoms with Crippen molar-refractivity contribution in [2.24, 2.45) is 0 Å². The van der Waals surface area contributed by atoms with Gasteiger partial charge < -0.3 is 19.1 Å². The molecule has 0 spiro atoms. The van der Waals surface area contributed by atoms with E-state index in [-0.39, 0.29) is 16.2 Å². The molecular formula is C91H77N5O. The van der Waals surface area contributed by atoms with Crippen molar-refractivity contribution in [3.63, 3.8) is 0 Å². The minimum Gasteiger partial charge on any atom is -0.457 e. The van der Waals surface area contributed by atoms with Crippen LogP contribution >= 0.6 is 0 Å². The first-order chi connectivity index (χ1) is 47.0. The Morgan fingerprint density at radius 2 is 0.814 bits per heavy atom. The van der Waals surface area contributed by atoms with E-state index < -0.39 is 5.41 Å². The molecule has 0 atom stereocenters. The molecule has 17 rings (SSSR count). The largest absolute Gasteiger partial charge is 0.457 e. The van der Waals surface area contributed by atoms with Gasteiger partial charge in [-0.15, -0.1) is 0 Å². The maximum absolute atomic E-state index is 7.65. The predicted octanol–water partition coefficient (Wildman–Crippen LogP) is 23.9. The number of ether oxygens (including phenoxy) is 1. The zero-order valence-electron chi connectivity index (χ0n) is 56.6. The number of fused-ring (bicyclic) bond motifs is 10. The molecule has 4 heterocycles. The van der Waals surface area contributed by atoms with E-state index in [0.717, 1.165) is 95.4 Å². The summed E-state index contributed by atoms with van der Waals surface area (Å²) in [5.41, 5.74) is 24.3. The van der Waals surface area contributed by atoms with E-state index in [1.807, 2.05) is 6.20 Å². The van der Waals surface area contributed by atoms with Gasteiger partial charge in [0.25, 0.3) is 0 Å². The van der Waals surface area contributed by atoms with E-state index >= 15 is 0 Å². The Morgan fingerprint density at radius 3 is 1.37 bits per heavy atom. The highest BCUT2D eigenvalue weighted by atomic mass is 16.5. The molecule has 1 aliphatic carbocycles. The summed E-state index contributed by atoms with van der Waals surface area (Å²) >= 11 is 0. The molecule has 0 bridgehead atoms. The van der Waals surface area contributed by atoms with Crippen LogP contribution in [0.4, 0.5) is 22.7 Å². The molecule has 6 heteroatoms. The van der Waals surface area contributed by atoms with Crippen LogP contribution in [0.15, 0.2) is 291 Å². The van der Waals surface area contributed by atoms with Crippen molar-refractivity contribution in [1.82, 2.24) is 14.1 Å². The third kappa shape index (κ3) is 9.78. The number of nitrogens with zero attached hydrogens (tertiary/aromatic N) is 5. The van der Waals surface area contributed by atoms with Crippen molar-refractivity contribution >= 4 is 66.4 Å². The molecular weight excluding hydrogens is 1180 g/mol. The van der Waals surface area contributed by atoms with Crippen LogP contribution < -0.4 is 14.5 Å². The van der Waals surface area contributed by atoms with Crippen molar-refractivity contribution < 1.29 is 4.74 Å². The summed E-state index contributed by atoms with van der Waals surface area (Å²) in [7, 11) is 0. The number of pyridine rings is 1.